The maximum atomic E-state index is 12.6. The number of hydrogen-bond donors (Lipinski definition) is 0. The highest BCUT2D eigenvalue weighted by Gasteiger charge is 2.60. The van der Waals surface area contributed by atoms with Crippen molar-refractivity contribution in [1.82, 2.24) is 8.84 Å². The molecular weight excluding hydrogens is 351 g/mol. The summed E-state index contributed by atoms with van der Waals surface area (Å²) in [4.78, 5) is 28.2. The van der Waals surface area contributed by atoms with Crippen LogP contribution in [-0.4, -0.2) is 33.2 Å². The molecule has 0 N–H and O–H groups in total. The van der Waals surface area contributed by atoms with Crippen LogP contribution in [-0.2, 0) is 0 Å². The van der Waals surface area contributed by atoms with Gasteiger partial charge < -0.3 is 0 Å². The average molecular weight is 363 g/mol. The first-order chi connectivity index (χ1) is 11.6. The molecule has 0 spiro atoms. The van der Waals surface area contributed by atoms with Gasteiger partial charge in [-0.05, 0) is 24.3 Å². The number of nitrogens with zero attached hydrogens (tertiary/aromatic N) is 4. The zero-order valence-corrected chi connectivity index (χ0v) is 13.8. The Bertz CT molecular complexity index is 724. The Morgan fingerprint density at radius 1 is 0.625 bits per heavy atom. The second-order valence-electron chi connectivity index (χ2n) is 5.43. The second kappa shape index (κ2) is 5.58. The monoisotopic (exact) mass is 362 g/mol. The van der Waals surface area contributed by atoms with Crippen LogP contribution in [0.1, 0.15) is 0 Å². The highest BCUT2D eigenvalue weighted by Crippen LogP contribution is 2.41. The van der Waals surface area contributed by atoms with E-state index in [1.807, 2.05) is 36.4 Å². The Hall–Kier alpha value is -2.44. The van der Waals surface area contributed by atoms with Crippen LogP contribution in [0.2, 0.25) is 0 Å². The van der Waals surface area contributed by atoms with Gasteiger partial charge in [0.15, 0.2) is 12.3 Å². The van der Waals surface area contributed by atoms with Crippen LogP contribution in [0.4, 0.5) is 21.0 Å². The number of para-hydroxylation sites is 2. The van der Waals surface area contributed by atoms with Gasteiger partial charge in [-0.25, -0.2) is 18.4 Å². The molecule has 2 aromatic carbocycles. The summed E-state index contributed by atoms with van der Waals surface area (Å²) in [5.41, 5.74) is 1.28. The molecule has 24 heavy (non-hydrogen) atoms. The molecule has 0 atom stereocenters. The number of benzene rings is 2. The van der Waals surface area contributed by atoms with E-state index < -0.39 is 24.4 Å². The fraction of sp³-hybridized carbons (Fsp3) is 0.125. The molecule has 2 aromatic rings. The minimum absolute atomic E-state index is 0.433. The highest BCUT2D eigenvalue weighted by molar-refractivity contribution is 6.30. The lowest BCUT2D eigenvalue weighted by Gasteiger charge is -2.29. The van der Waals surface area contributed by atoms with Gasteiger partial charge in [-0.2, -0.15) is 0 Å². The maximum absolute atomic E-state index is 12.6. The Morgan fingerprint density at radius 2 is 1.00 bits per heavy atom. The minimum atomic E-state index is -0.797. The predicted molar refractivity (Wildman–Crippen MR) is 91.6 cm³/mol. The number of amides is 4. The molecule has 0 radical (unpaired) electrons. The van der Waals surface area contributed by atoms with E-state index in [0.717, 1.165) is 8.84 Å². The molecule has 0 aromatic heterocycles. The summed E-state index contributed by atoms with van der Waals surface area (Å²) >= 11 is 12.3. The molecular formula is C16H12Cl2N4O2. The number of carbonyl (C=O) groups is 2. The summed E-state index contributed by atoms with van der Waals surface area (Å²) in [5, 5.41) is 0. The van der Waals surface area contributed by atoms with Crippen LogP contribution < -0.4 is 9.80 Å². The normalized spacial score (nSPS) is 23.2. The number of urea groups is 2. The third kappa shape index (κ3) is 2.03. The van der Waals surface area contributed by atoms with E-state index in [1.165, 1.54) is 9.80 Å². The van der Waals surface area contributed by atoms with Crippen LogP contribution in [0.25, 0.3) is 0 Å². The van der Waals surface area contributed by atoms with Gasteiger partial charge in [-0.15, -0.1) is 0 Å². The van der Waals surface area contributed by atoms with E-state index in [1.54, 1.807) is 24.3 Å². The molecule has 0 bridgehead atoms. The van der Waals surface area contributed by atoms with Gasteiger partial charge in [0.2, 0.25) is 0 Å². The number of hydrogen-bond acceptors (Lipinski definition) is 2. The summed E-state index contributed by atoms with van der Waals surface area (Å²) in [6, 6.07) is 17.2. The lowest BCUT2D eigenvalue weighted by Crippen LogP contribution is -2.47. The van der Waals surface area contributed by atoms with E-state index in [-0.39, 0.29) is 0 Å². The van der Waals surface area contributed by atoms with Gasteiger partial charge in [0.25, 0.3) is 0 Å². The second-order valence-corrected chi connectivity index (χ2v) is 6.15. The van der Waals surface area contributed by atoms with Gasteiger partial charge in [-0.3, -0.25) is 9.80 Å². The zero-order valence-electron chi connectivity index (χ0n) is 12.3. The van der Waals surface area contributed by atoms with Crippen molar-refractivity contribution >= 4 is 47.0 Å². The topological polar surface area (TPSA) is 47.1 Å². The largest absolute Gasteiger partial charge is 0.343 e. The van der Waals surface area contributed by atoms with Crippen molar-refractivity contribution in [3.8, 4) is 0 Å². The van der Waals surface area contributed by atoms with Crippen molar-refractivity contribution in [1.29, 1.82) is 0 Å². The fourth-order valence-electron chi connectivity index (χ4n) is 3.07. The van der Waals surface area contributed by atoms with E-state index in [4.69, 9.17) is 23.6 Å². The van der Waals surface area contributed by atoms with Crippen molar-refractivity contribution in [3.63, 3.8) is 0 Å². The molecule has 6 nitrogen and oxygen atoms in total. The number of rotatable bonds is 2. The predicted octanol–water partition coefficient (Wildman–Crippen LogP) is 3.83. The van der Waals surface area contributed by atoms with Crippen LogP contribution in [0.15, 0.2) is 60.7 Å². The summed E-state index contributed by atoms with van der Waals surface area (Å²) in [6.45, 7) is 0. The molecule has 8 heteroatoms. The van der Waals surface area contributed by atoms with Gasteiger partial charge in [-0.1, -0.05) is 36.4 Å². The van der Waals surface area contributed by atoms with Crippen LogP contribution in [0, 0.1) is 0 Å². The summed E-state index contributed by atoms with van der Waals surface area (Å²) in [6.07, 6.45) is -1.46. The van der Waals surface area contributed by atoms with Crippen LogP contribution >= 0.6 is 23.6 Å². The van der Waals surface area contributed by atoms with Crippen molar-refractivity contribution in [2.24, 2.45) is 0 Å². The fourth-order valence-corrected chi connectivity index (χ4v) is 3.65. The van der Waals surface area contributed by atoms with Crippen LogP contribution in [0.3, 0.4) is 0 Å². The smallest absolute Gasteiger partial charge is 0.268 e. The molecule has 2 saturated heterocycles. The summed E-state index contributed by atoms with van der Waals surface area (Å²) < 4.78 is 1.93. The molecule has 2 heterocycles. The van der Waals surface area contributed by atoms with Crippen molar-refractivity contribution < 1.29 is 9.59 Å². The third-order valence-corrected chi connectivity index (χ3v) is 4.80. The number of carbonyl (C=O) groups excluding carboxylic acids is 2. The first-order valence-corrected chi connectivity index (χ1v) is 7.95. The maximum Gasteiger partial charge on any atom is 0.343 e. The Kier molecular flexibility index (Phi) is 3.51. The average Bonchev–Trinajstić information content (AvgIpc) is 3.02. The first-order valence-electron chi connectivity index (χ1n) is 7.28. The number of halogens is 2. The lowest BCUT2D eigenvalue weighted by atomic mass is 10.2. The molecule has 122 valence electrons. The van der Waals surface area contributed by atoms with Gasteiger partial charge in [0.05, 0.1) is 0 Å². The molecule has 4 amide bonds. The Labute approximate surface area is 148 Å². The zero-order chi connectivity index (χ0) is 16.8. The molecule has 2 fully saturated rings. The van der Waals surface area contributed by atoms with E-state index in [2.05, 4.69) is 0 Å². The molecule has 0 aliphatic carbocycles. The van der Waals surface area contributed by atoms with E-state index in [9.17, 15) is 9.59 Å². The highest BCUT2D eigenvalue weighted by atomic mass is 35.5. The van der Waals surface area contributed by atoms with Crippen molar-refractivity contribution in [2.45, 2.75) is 12.3 Å². The Balaban J connectivity index is 1.85. The summed E-state index contributed by atoms with van der Waals surface area (Å²) in [5.74, 6) is 0. The summed E-state index contributed by atoms with van der Waals surface area (Å²) in [7, 11) is 0. The van der Waals surface area contributed by atoms with E-state index in [0.29, 0.717) is 11.4 Å². The van der Waals surface area contributed by atoms with Gasteiger partial charge in [0.1, 0.15) is 0 Å². The third-order valence-electron chi connectivity index (χ3n) is 4.11. The van der Waals surface area contributed by atoms with Crippen molar-refractivity contribution in [3.05, 3.63) is 60.7 Å². The van der Waals surface area contributed by atoms with Crippen LogP contribution in [0.5, 0.6) is 0 Å². The standard InChI is InChI=1S/C16H12Cl2N4O2/c17-21-14-13(19(15(21)23)11-7-3-1-4-8-11)20(16(24)22(14)18)12-9-5-2-6-10-12/h1-10,13-14H. The van der Waals surface area contributed by atoms with E-state index >= 15 is 0 Å². The first kappa shape index (κ1) is 15.1. The lowest BCUT2D eigenvalue weighted by molar-refractivity contribution is 0.210. The van der Waals surface area contributed by atoms with Gasteiger partial charge >= 0.3 is 12.1 Å². The Morgan fingerprint density at radius 3 is 1.38 bits per heavy atom. The number of anilines is 2. The SMILES string of the molecule is O=C1N(Cl)C2C(N1c1ccccc1)N(c1ccccc1)C(=O)N2Cl. The quantitative estimate of drug-likeness (QED) is 0.762. The minimum Gasteiger partial charge on any atom is -0.268 e. The van der Waals surface area contributed by atoms with Gasteiger partial charge in [0, 0.05) is 34.9 Å². The molecule has 2 aliphatic rings. The molecule has 2 aliphatic heterocycles. The molecule has 0 saturated carbocycles. The van der Waals surface area contributed by atoms with Crippen molar-refractivity contribution in [2.75, 3.05) is 9.80 Å². The molecule has 4 rings (SSSR count). The molecule has 0 unspecified atom stereocenters. The number of fused-ring (bicyclic) bond motifs is 1.